The molecule has 0 bridgehead atoms. The van der Waals surface area contributed by atoms with Crippen LogP contribution in [0.3, 0.4) is 0 Å². The molecule has 1 aromatic heterocycles. The van der Waals surface area contributed by atoms with Crippen LogP contribution in [0.15, 0.2) is 54.7 Å². The van der Waals surface area contributed by atoms with Crippen molar-refractivity contribution in [1.29, 1.82) is 0 Å². The summed E-state index contributed by atoms with van der Waals surface area (Å²) in [6.07, 6.45) is 3.33. The van der Waals surface area contributed by atoms with E-state index in [1.165, 1.54) is 6.20 Å². The van der Waals surface area contributed by atoms with E-state index in [9.17, 15) is 9.59 Å². The van der Waals surface area contributed by atoms with Crippen LogP contribution in [0.5, 0.6) is 0 Å². The van der Waals surface area contributed by atoms with Crippen molar-refractivity contribution in [2.24, 2.45) is 11.5 Å². The molecule has 5 N–H and O–H groups in total. The van der Waals surface area contributed by atoms with Gasteiger partial charge in [-0.1, -0.05) is 30.3 Å². The van der Waals surface area contributed by atoms with Crippen LogP contribution in [0.4, 0.5) is 17.5 Å². The number of carbonyl (C=O) groups is 2. The first-order valence-corrected chi connectivity index (χ1v) is 12.5. The van der Waals surface area contributed by atoms with Gasteiger partial charge in [0.05, 0.1) is 13.2 Å². The zero-order valence-corrected chi connectivity index (χ0v) is 20.6. The maximum Gasteiger partial charge on any atom is 0.254 e. The van der Waals surface area contributed by atoms with Gasteiger partial charge in [-0.25, -0.2) is 4.98 Å². The molecule has 5 rings (SSSR count). The van der Waals surface area contributed by atoms with Crippen molar-refractivity contribution in [3.8, 4) is 11.1 Å². The fourth-order valence-corrected chi connectivity index (χ4v) is 4.70. The normalized spacial score (nSPS) is 17.9. The number of morpholine rings is 1. The second-order valence-electron chi connectivity index (χ2n) is 9.34. The Morgan fingerprint density at radius 1 is 1.03 bits per heavy atom. The van der Waals surface area contributed by atoms with E-state index in [0.717, 1.165) is 30.5 Å². The summed E-state index contributed by atoms with van der Waals surface area (Å²) in [5.41, 5.74) is 14.9. The molecule has 0 radical (unpaired) electrons. The summed E-state index contributed by atoms with van der Waals surface area (Å²) >= 11 is 0. The van der Waals surface area contributed by atoms with Gasteiger partial charge in [-0.05, 0) is 42.2 Å². The van der Waals surface area contributed by atoms with Gasteiger partial charge in [0.2, 0.25) is 5.95 Å². The van der Waals surface area contributed by atoms with Gasteiger partial charge in [0.1, 0.15) is 11.4 Å². The molecule has 2 aliphatic rings. The predicted octanol–water partition coefficient (Wildman–Crippen LogP) is 2.39. The smallest absolute Gasteiger partial charge is 0.254 e. The van der Waals surface area contributed by atoms with Gasteiger partial charge in [0, 0.05) is 49.7 Å². The Hall–Kier alpha value is -4.02. The minimum absolute atomic E-state index is 0.0425. The Bertz CT molecular complexity index is 1280. The summed E-state index contributed by atoms with van der Waals surface area (Å²) < 4.78 is 5.41. The standard InChI is InChI=1S/C27H31N7O3/c28-21-7-4-8-34(17-21)27-30-16-23(24(29)35)25(32-27)31-22-14-19(18-5-2-1-3-6-18)13-20(15-22)26(36)33-9-11-37-12-10-33/h1-3,5-6,13-16,21H,4,7-12,17,28H2,(H2,29,35)(H,30,31,32). The van der Waals surface area contributed by atoms with Gasteiger partial charge in [-0.2, -0.15) is 4.98 Å². The molecule has 2 aliphatic heterocycles. The number of hydrogen-bond donors (Lipinski definition) is 3. The molecule has 2 aromatic carbocycles. The van der Waals surface area contributed by atoms with Gasteiger partial charge in [0.15, 0.2) is 0 Å². The molecule has 10 nitrogen and oxygen atoms in total. The number of aromatic nitrogens is 2. The third-order valence-corrected chi connectivity index (χ3v) is 6.63. The highest BCUT2D eigenvalue weighted by Crippen LogP contribution is 2.29. The molecule has 1 unspecified atom stereocenters. The highest BCUT2D eigenvalue weighted by Gasteiger charge is 2.23. The number of hydrogen-bond acceptors (Lipinski definition) is 8. The molecule has 10 heteroatoms. The van der Waals surface area contributed by atoms with Crippen LogP contribution < -0.4 is 21.7 Å². The molecule has 0 aliphatic carbocycles. The highest BCUT2D eigenvalue weighted by atomic mass is 16.5. The molecule has 2 amide bonds. The first-order valence-electron chi connectivity index (χ1n) is 12.5. The molecular weight excluding hydrogens is 470 g/mol. The fourth-order valence-electron chi connectivity index (χ4n) is 4.70. The van der Waals surface area contributed by atoms with E-state index in [1.54, 1.807) is 11.0 Å². The first-order chi connectivity index (χ1) is 18.0. The van der Waals surface area contributed by atoms with Crippen molar-refractivity contribution in [2.45, 2.75) is 18.9 Å². The number of nitrogens with two attached hydrogens (primary N) is 2. The number of nitrogens with one attached hydrogen (secondary N) is 1. The summed E-state index contributed by atoms with van der Waals surface area (Å²) in [6, 6.07) is 15.4. The SMILES string of the molecule is NC(=O)c1cnc(N2CCCC(N)C2)nc1Nc1cc(C(=O)N2CCOCC2)cc(-c2ccccc2)c1. The van der Waals surface area contributed by atoms with Crippen molar-refractivity contribution >= 4 is 29.3 Å². The molecule has 3 heterocycles. The minimum atomic E-state index is -0.645. The third kappa shape index (κ3) is 5.71. The van der Waals surface area contributed by atoms with E-state index in [2.05, 4.69) is 15.3 Å². The zero-order chi connectivity index (χ0) is 25.8. The van der Waals surface area contributed by atoms with Crippen LogP contribution in [0.25, 0.3) is 11.1 Å². The van der Waals surface area contributed by atoms with Crippen LogP contribution >= 0.6 is 0 Å². The van der Waals surface area contributed by atoms with E-state index in [-0.39, 0.29) is 23.3 Å². The number of amides is 2. The van der Waals surface area contributed by atoms with Gasteiger partial charge in [-0.15, -0.1) is 0 Å². The number of benzene rings is 2. The van der Waals surface area contributed by atoms with Crippen molar-refractivity contribution in [3.05, 3.63) is 65.9 Å². The van der Waals surface area contributed by atoms with Crippen molar-refractivity contribution < 1.29 is 14.3 Å². The second-order valence-corrected chi connectivity index (χ2v) is 9.34. The topological polar surface area (TPSA) is 140 Å². The maximum atomic E-state index is 13.4. The second kappa shape index (κ2) is 10.9. The quantitative estimate of drug-likeness (QED) is 0.468. The number of carbonyl (C=O) groups excluding carboxylic acids is 2. The van der Waals surface area contributed by atoms with E-state index >= 15 is 0 Å². The summed E-state index contributed by atoms with van der Waals surface area (Å²) in [4.78, 5) is 38.4. The number of piperidine rings is 1. The molecule has 2 saturated heterocycles. The summed E-state index contributed by atoms with van der Waals surface area (Å²) in [5, 5.41) is 3.25. The van der Waals surface area contributed by atoms with Gasteiger partial charge in [0.25, 0.3) is 11.8 Å². The van der Waals surface area contributed by atoms with Crippen LogP contribution in [-0.4, -0.2) is 72.1 Å². The Morgan fingerprint density at radius 2 is 1.81 bits per heavy atom. The number of anilines is 3. The first kappa shape index (κ1) is 24.7. The van der Waals surface area contributed by atoms with Gasteiger partial charge >= 0.3 is 0 Å². The lowest BCUT2D eigenvalue weighted by Crippen LogP contribution is -2.43. The van der Waals surface area contributed by atoms with Crippen LogP contribution in [-0.2, 0) is 4.74 Å². The summed E-state index contributed by atoms with van der Waals surface area (Å²) in [5.74, 6) is 0.0382. The molecule has 1 atom stereocenters. The number of primary amides is 1. The minimum Gasteiger partial charge on any atom is -0.378 e. The average molecular weight is 502 g/mol. The van der Waals surface area contributed by atoms with Gasteiger partial charge in [-0.3, -0.25) is 9.59 Å². The molecule has 192 valence electrons. The Morgan fingerprint density at radius 3 is 2.54 bits per heavy atom. The molecule has 0 spiro atoms. The fraction of sp³-hybridized carbons (Fsp3) is 0.333. The largest absolute Gasteiger partial charge is 0.378 e. The highest BCUT2D eigenvalue weighted by molar-refractivity contribution is 5.99. The molecule has 0 saturated carbocycles. The lowest BCUT2D eigenvalue weighted by atomic mass is 10.0. The van der Waals surface area contributed by atoms with Crippen molar-refractivity contribution in [1.82, 2.24) is 14.9 Å². The summed E-state index contributed by atoms with van der Waals surface area (Å²) in [6.45, 7) is 3.52. The maximum absolute atomic E-state index is 13.4. The molecular formula is C27H31N7O3. The van der Waals surface area contributed by atoms with Gasteiger partial charge < -0.3 is 31.3 Å². The summed E-state index contributed by atoms with van der Waals surface area (Å²) in [7, 11) is 0. The van der Waals surface area contributed by atoms with E-state index in [1.807, 2.05) is 47.4 Å². The Balaban J connectivity index is 1.53. The lowest BCUT2D eigenvalue weighted by molar-refractivity contribution is 0.0303. The Kier molecular flexibility index (Phi) is 7.29. The number of ether oxygens (including phenoxy) is 1. The third-order valence-electron chi connectivity index (χ3n) is 6.63. The number of rotatable bonds is 6. The molecule has 3 aromatic rings. The van der Waals surface area contributed by atoms with E-state index in [4.69, 9.17) is 16.2 Å². The lowest BCUT2D eigenvalue weighted by Gasteiger charge is -2.31. The van der Waals surface area contributed by atoms with Crippen molar-refractivity contribution in [3.63, 3.8) is 0 Å². The van der Waals surface area contributed by atoms with Crippen LogP contribution in [0.1, 0.15) is 33.6 Å². The molecule has 2 fully saturated rings. The van der Waals surface area contributed by atoms with Crippen molar-refractivity contribution in [2.75, 3.05) is 49.6 Å². The monoisotopic (exact) mass is 501 g/mol. The van der Waals surface area contributed by atoms with E-state index < -0.39 is 5.91 Å². The van der Waals surface area contributed by atoms with Crippen LogP contribution in [0, 0.1) is 0 Å². The number of nitrogens with zero attached hydrogens (tertiary/aromatic N) is 4. The Labute approximate surface area is 215 Å². The molecule has 37 heavy (non-hydrogen) atoms. The zero-order valence-electron chi connectivity index (χ0n) is 20.6. The van der Waals surface area contributed by atoms with Crippen LogP contribution in [0.2, 0.25) is 0 Å². The predicted molar refractivity (Wildman–Crippen MR) is 142 cm³/mol. The van der Waals surface area contributed by atoms with E-state index in [0.29, 0.717) is 50.0 Å². The average Bonchev–Trinajstić information content (AvgIpc) is 2.93.